The number of carbonyl (C=O) groups excluding carboxylic acids is 2. The summed E-state index contributed by atoms with van der Waals surface area (Å²) in [6, 6.07) is 5.96. The number of nitrogen functional groups attached to an aromatic ring is 1. The van der Waals surface area contributed by atoms with Crippen molar-refractivity contribution >= 4 is 39.7 Å². The second-order valence-corrected chi connectivity index (χ2v) is 9.06. The van der Waals surface area contributed by atoms with Gasteiger partial charge in [0.25, 0.3) is 0 Å². The van der Waals surface area contributed by atoms with Gasteiger partial charge in [0.15, 0.2) is 29.9 Å². The second kappa shape index (κ2) is 9.92. The Labute approximate surface area is 201 Å². The van der Waals surface area contributed by atoms with Gasteiger partial charge in [0.2, 0.25) is 5.50 Å². The van der Waals surface area contributed by atoms with Gasteiger partial charge in [0.1, 0.15) is 23.7 Å². The Kier molecular flexibility index (Phi) is 6.93. The van der Waals surface area contributed by atoms with Crippen molar-refractivity contribution in [3.05, 3.63) is 36.9 Å². The van der Waals surface area contributed by atoms with Gasteiger partial charge in [-0.3, -0.25) is 18.4 Å². The molecule has 0 aliphatic carbocycles. The molecule has 1 saturated heterocycles. The van der Waals surface area contributed by atoms with Crippen molar-refractivity contribution < 1.29 is 37.1 Å². The summed E-state index contributed by atoms with van der Waals surface area (Å²) in [7, 11) is -0.768. The number of alkyl halides is 1. The van der Waals surface area contributed by atoms with Crippen LogP contribution in [0.5, 0.6) is 5.75 Å². The van der Waals surface area contributed by atoms with Crippen molar-refractivity contribution in [2.75, 3.05) is 12.8 Å². The predicted octanol–water partition coefficient (Wildman–Crippen LogP) is 1.28. The highest BCUT2D eigenvalue weighted by Gasteiger charge is 2.55. The first-order valence-corrected chi connectivity index (χ1v) is 11.5. The fourth-order valence-electron chi connectivity index (χ4n) is 3.76. The standard InChI is InChI=1S/C21H22FN5O7S/c1-10(28)32-15-16(18(22)35(30)13-6-4-12(31-3)5-7-13)34-21(17(15)33-11(2)29)27-9-26-14-19(23)24-8-25-20(14)27/h4-9,15-18,21H,1-3H3,(H2,23,24,25)/t15-,16+,17-,18+,21-,35?/m1/s1. The van der Waals surface area contributed by atoms with E-state index in [1.807, 2.05) is 0 Å². The average molecular weight is 508 g/mol. The Hall–Kier alpha value is -3.65. The van der Waals surface area contributed by atoms with Gasteiger partial charge in [-0.15, -0.1) is 0 Å². The highest BCUT2D eigenvalue weighted by atomic mass is 32.2. The number of rotatable bonds is 7. The third-order valence-corrected chi connectivity index (χ3v) is 6.66. The molecule has 1 aliphatic heterocycles. The van der Waals surface area contributed by atoms with Crippen LogP contribution in [0.1, 0.15) is 20.1 Å². The lowest BCUT2D eigenvalue weighted by atomic mass is 10.1. The molecule has 12 nitrogen and oxygen atoms in total. The van der Waals surface area contributed by atoms with Crippen molar-refractivity contribution in [2.45, 2.75) is 48.8 Å². The number of anilines is 1. The molecular formula is C21H22FN5O7S. The normalized spacial score (nSPS) is 23.5. The van der Waals surface area contributed by atoms with Crippen molar-refractivity contribution in [2.24, 2.45) is 0 Å². The minimum absolute atomic E-state index is 0.0906. The summed E-state index contributed by atoms with van der Waals surface area (Å²) in [6.07, 6.45) is -3.01. The molecule has 1 unspecified atom stereocenters. The molecular weight excluding hydrogens is 485 g/mol. The molecule has 2 N–H and O–H groups in total. The lowest BCUT2D eigenvalue weighted by Gasteiger charge is -2.24. The van der Waals surface area contributed by atoms with Crippen LogP contribution in [-0.4, -0.2) is 66.6 Å². The van der Waals surface area contributed by atoms with Crippen LogP contribution in [0, 0.1) is 0 Å². The number of nitrogens with zero attached hydrogens (tertiary/aromatic N) is 4. The Balaban J connectivity index is 1.73. The van der Waals surface area contributed by atoms with Crippen molar-refractivity contribution in [1.82, 2.24) is 19.5 Å². The highest BCUT2D eigenvalue weighted by molar-refractivity contribution is 7.85. The zero-order chi connectivity index (χ0) is 25.3. The molecule has 2 aromatic heterocycles. The van der Waals surface area contributed by atoms with Gasteiger partial charge in [0, 0.05) is 18.7 Å². The lowest BCUT2D eigenvalue weighted by Crippen LogP contribution is -2.43. The third-order valence-electron chi connectivity index (χ3n) is 5.25. The van der Waals surface area contributed by atoms with Gasteiger partial charge in [0.05, 0.1) is 24.2 Å². The predicted molar refractivity (Wildman–Crippen MR) is 119 cm³/mol. The Bertz CT molecular complexity index is 1270. The fourth-order valence-corrected chi connectivity index (χ4v) is 4.89. The molecule has 3 heterocycles. The molecule has 1 fully saturated rings. The average Bonchev–Trinajstić information content (AvgIpc) is 3.40. The second-order valence-electron chi connectivity index (χ2n) is 7.55. The third kappa shape index (κ3) is 4.79. The molecule has 6 atom stereocenters. The summed E-state index contributed by atoms with van der Waals surface area (Å²) >= 11 is 0. The molecule has 4 rings (SSSR count). The summed E-state index contributed by atoms with van der Waals surface area (Å²) in [6.45, 7) is 2.26. The van der Waals surface area contributed by atoms with Crippen LogP contribution in [0.4, 0.5) is 10.2 Å². The number of nitrogens with two attached hydrogens (primary N) is 1. The molecule has 0 saturated carbocycles. The maximum absolute atomic E-state index is 15.7. The topological polar surface area (TPSA) is 158 Å². The molecule has 35 heavy (non-hydrogen) atoms. The van der Waals surface area contributed by atoms with Gasteiger partial charge in [-0.1, -0.05) is 0 Å². The largest absolute Gasteiger partial charge is 0.497 e. The minimum atomic E-state index is -2.23. The van der Waals surface area contributed by atoms with Crippen LogP contribution in [0.2, 0.25) is 0 Å². The van der Waals surface area contributed by atoms with Crippen LogP contribution in [-0.2, 0) is 34.6 Å². The number of carbonyl (C=O) groups is 2. The van der Waals surface area contributed by atoms with E-state index in [9.17, 15) is 13.8 Å². The van der Waals surface area contributed by atoms with Crippen molar-refractivity contribution in [1.29, 1.82) is 0 Å². The molecule has 14 heteroatoms. The summed E-state index contributed by atoms with van der Waals surface area (Å²) < 4.78 is 51.8. The van der Waals surface area contributed by atoms with Gasteiger partial charge < -0.3 is 24.7 Å². The van der Waals surface area contributed by atoms with Crippen LogP contribution in [0.25, 0.3) is 11.2 Å². The monoisotopic (exact) mass is 507 g/mol. The SMILES string of the molecule is COc1ccc(S(=O)[C@H](F)[C@H]2O[C@@H](n3cnc4c(N)ncnc43)[C@H](OC(C)=O)[C@@H]2OC(C)=O)cc1. The Morgan fingerprint density at radius 1 is 1.11 bits per heavy atom. The zero-order valence-corrected chi connectivity index (χ0v) is 19.7. The Morgan fingerprint density at radius 3 is 2.40 bits per heavy atom. The van der Waals surface area contributed by atoms with Gasteiger partial charge >= 0.3 is 11.9 Å². The first kappa shape index (κ1) is 24.5. The van der Waals surface area contributed by atoms with E-state index in [1.54, 1.807) is 0 Å². The summed E-state index contributed by atoms with van der Waals surface area (Å²) in [4.78, 5) is 36.1. The minimum Gasteiger partial charge on any atom is -0.497 e. The number of hydrogen-bond donors (Lipinski definition) is 1. The van der Waals surface area contributed by atoms with E-state index in [4.69, 9.17) is 24.7 Å². The number of hydrogen-bond acceptors (Lipinski definition) is 11. The molecule has 0 radical (unpaired) electrons. The molecule has 0 spiro atoms. The number of aromatic nitrogens is 4. The van der Waals surface area contributed by atoms with Gasteiger partial charge in [-0.2, -0.15) is 0 Å². The van der Waals surface area contributed by atoms with Crippen molar-refractivity contribution in [3.63, 3.8) is 0 Å². The van der Waals surface area contributed by atoms with E-state index in [1.165, 1.54) is 48.6 Å². The van der Waals surface area contributed by atoms with Gasteiger partial charge in [-0.05, 0) is 24.3 Å². The summed E-state index contributed by atoms with van der Waals surface area (Å²) in [5.74, 6) is -0.912. The van der Waals surface area contributed by atoms with Gasteiger partial charge in [-0.25, -0.2) is 19.3 Å². The number of fused-ring (bicyclic) bond motifs is 1. The molecule has 0 amide bonds. The number of methoxy groups -OCH3 is 1. The molecule has 186 valence electrons. The molecule has 3 aromatic rings. The van der Waals surface area contributed by atoms with E-state index >= 15 is 4.39 Å². The quantitative estimate of drug-likeness (QED) is 0.459. The van der Waals surface area contributed by atoms with E-state index in [0.717, 1.165) is 13.8 Å². The maximum Gasteiger partial charge on any atom is 0.303 e. The highest BCUT2D eigenvalue weighted by Crippen LogP contribution is 2.39. The number of ether oxygens (including phenoxy) is 4. The first-order chi connectivity index (χ1) is 16.7. The summed E-state index contributed by atoms with van der Waals surface area (Å²) in [5.41, 5.74) is 4.14. The molecule has 1 aliphatic rings. The smallest absolute Gasteiger partial charge is 0.303 e. The zero-order valence-electron chi connectivity index (χ0n) is 18.9. The van der Waals surface area contributed by atoms with Crippen LogP contribution in [0.15, 0.2) is 41.8 Å². The maximum atomic E-state index is 15.7. The molecule has 1 aromatic carbocycles. The van der Waals surface area contributed by atoms with E-state index in [0.29, 0.717) is 5.75 Å². The Morgan fingerprint density at radius 2 is 1.77 bits per heavy atom. The van der Waals surface area contributed by atoms with E-state index in [2.05, 4.69) is 15.0 Å². The van der Waals surface area contributed by atoms with Crippen molar-refractivity contribution in [3.8, 4) is 5.75 Å². The molecule has 0 bridgehead atoms. The van der Waals surface area contributed by atoms with Crippen LogP contribution < -0.4 is 10.5 Å². The van der Waals surface area contributed by atoms with Crippen LogP contribution >= 0.6 is 0 Å². The number of benzene rings is 1. The lowest BCUT2D eigenvalue weighted by molar-refractivity contribution is -0.165. The van der Waals surface area contributed by atoms with E-state index in [-0.39, 0.29) is 21.9 Å². The first-order valence-electron chi connectivity index (χ1n) is 10.3. The number of imidazole rings is 1. The number of esters is 2. The van der Waals surface area contributed by atoms with E-state index < -0.39 is 52.8 Å². The number of halogens is 1. The summed E-state index contributed by atoms with van der Waals surface area (Å²) in [5, 5.41) is 0. The fraction of sp³-hybridized carbons (Fsp3) is 0.381. The van der Waals surface area contributed by atoms with Crippen LogP contribution in [0.3, 0.4) is 0 Å².